The van der Waals surface area contributed by atoms with Crippen molar-refractivity contribution >= 4 is 46.4 Å². The van der Waals surface area contributed by atoms with Crippen LogP contribution in [0, 0.1) is 0 Å². The third kappa shape index (κ3) is 4.85. The number of benzene rings is 2. The van der Waals surface area contributed by atoms with Crippen LogP contribution in [-0.2, 0) is 4.79 Å². The number of anilines is 1. The fourth-order valence-corrected chi connectivity index (χ4v) is 2.74. The molecule has 0 radical (unpaired) electrons. The van der Waals surface area contributed by atoms with E-state index in [0.717, 1.165) is 5.56 Å². The molecule has 0 aromatic heterocycles. The predicted octanol–water partition coefficient (Wildman–Crippen LogP) is 5.32. The number of carbonyl (C=O) groups is 1. The Hall–Kier alpha value is -1.26. The second-order valence-electron chi connectivity index (χ2n) is 5.26. The normalized spacial score (nSPS) is 13.4. The zero-order valence-corrected chi connectivity index (χ0v) is 15.0. The Morgan fingerprint density at radius 2 is 1.57 bits per heavy atom. The summed E-state index contributed by atoms with van der Waals surface area (Å²) < 4.78 is 0. The van der Waals surface area contributed by atoms with Gasteiger partial charge in [0.05, 0.1) is 26.8 Å². The van der Waals surface area contributed by atoms with E-state index >= 15 is 0 Å². The third-order valence-corrected chi connectivity index (χ3v) is 4.50. The maximum absolute atomic E-state index is 12.3. The molecule has 3 nitrogen and oxygen atoms in total. The molecule has 6 heteroatoms. The Labute approximate surface area is 150 Å². The Balaban J connectivity index is 2.02. The first-order valence-corrected chi connectivity index (χ1v) is 8.28. The van der Waals surface area contributed by atoms with Crippen molar-refractivity contribution in [2.75, 3.05) is 5.32 Å². The van der Waals surface area contributed by atoms with Crippen LogP contribution in [0.15, 0.2) is 42.5 Å². The van der Waals surface area contributed by atoms with Crippen molar-refractivity contribution in [3.05, 3.63) is 63.1 Å². The van der Waals surface area contributed by atoms with Crippen molar-refractivity contribution < 1.29 is 4.79 Å². The highest BCUT2D eigenvalue weighted by Crippen LogP contribution is 2.32. The molecule has 122 valence electrons. The van der Waals surface area contributed by atoms with Crippen LogP contribution in [0.25, 0.3) is 0 Å². The first kappa shape index (κ1) is 18.1. The molecular weight excluding hydrogens is 355 g/mol. The minimum atomic E-state index is -0.407. The van der Waals surface area contributed by atoms with Gasteiger partial charge in [-0.2, -0.15) is 0 Å². The van der Waals surface area contributed by atoms with Crippen molar-refractivity contribution in [2.24, 2.45) is 0 Å². The molecule has 0 aliphatic rings. The van der Waals surface area contributed by atoms with E-state index in [-0.39, 0.29) is 11.9 Å². The molecule has 2 atom stereocenters. The van der Waals surface area contributed by atoms with Crippen molar-refractivity contribution in [1.82, 2.24) is 5.32 Å². The Kier molecular flexibility index (Phi) is 6.31. The van der Waals surface area contributed by atoms with Gasteiger partial charge in [0.2, 0.25) is 5.91 Å². The minimum Gasteiger partial charge on any atom is -0.323 e. The van der Waals surface area contributed by atoms with Crippen LogP contribution < -0.4 is 10.6 Å². The molecule has 0 saturated carbocycles. The van der Waals surface area contributed by atoms with Crippen LogP contribution in [0.4, 0.5) is 5.69 Å². The number of amides is 1. The zero-order valence-electron chi connectivity index (χ0n) is 12.7. The lowest BCUT2D eigenvalue weighted by Crippen LogP contribution is -2.39. The molecule has 1 amide bonds. The van der Waals surface area contributed by atoms with E-state index in [1.807, 2.05) is 37.3 Å². The lowest BCUT2D eigenvalue weighted by Gasteiger charge is -2.20. The van der Waals surface area contributed by atoms with Gasteiger partial charge < -0.3 is 5.32 Å². The van der Waals surface area contributed by atoms with Crippen LogP contribution in [0.3, 0.4) is 0 Å². The van der Waals surface area contributed by atoms with E-state index in [1.54, 1.807) is 6.92 Å². The van der Waals surface area contributed by atoms with E-state index < -0.39 is 6.04 Å². The van der Waals surface area contributed by atoms with Crippen LogP contribution in [-0.4, -0.2) is 11.9 Å². The molecule has 0 spiro atoms. The molecule has 0 aliphatic heterocycles. The number of carbonyl (C=O) groups excluding carboxylic acids is 1. The summed E-state index contributed by atoms with van der Waals surface area (Å²) in [4.78, 5) is 12.3. The Bertz CT molecular complexity index is 692. The summed E-state index contributed by atoms with van der Waals surface area (Å²) in [6.45, 7) is 3.80. The van der Waals surface area contributed by atoms with Crippen LogP contribution >= 0.6 is 34.8 Å². The molecule has 0 saturated heterocycles. The Morgan fingerprint density at radius 1 is 0.957 bits per heavy atom. The summed E-state index contributed by atoms with van der Waals surface area (Å²) >= 11 is 17.9. The quantitative estimate of drug-likeness (QED) is 0.698. The van der Waals surface area contributed by atoms with E-state index in [4.69, 9.17) is 34.8 Å². The largest absolute Gasteiger partial charge is 0.323 e. The average Bonchev–Trinajstić information content (AvgIpc) is 2.53. The highest BCUT2D eigenvalue weighted by molar-refractivity contribution is 6.44. The highest BCUT2D eigenvalue weighted by atomic mass is 35.5. The summed E-state index contributed by atoms with van der Waals surface area (Å²) in [5, 5.41) is 7.03. The van der Waals surface area contributed by atoms with E-state index in [2.05, 4.69) is 10.6 Å². The number of rotatable bonds is 5. The molecule has 0 heterocycles. The summed E-state index contributed by atoms with van der Waals surface area (Å²) in [6, 6.07) is 12.6. The van der Waals surface area contributed by atoms with Gasteiger partial charge in [0.1, 0.15) is 0 Å². The van der Waals surface area contributed by atoms with Gasteiger partial charge in [0.15, 0.2) is 0 Å². The van der Waals surface area contributed by atoms with Gasteiger partial charge in [-0.1, -0.05) is 65.1 Å². The Morgan fingerprint density at radius 3 is 2.22 bits per heavy atom. The number of nitrogens with one attached hydrogen (secondary N) is 2. The molecule has 0 aliphatic carbocycles. The number of hydrogen-bond acceptors (Lipinski definition) is 2. The van der Waals surface area contributed by atoms with E-state index in [9.17, 15) is 4.79 Å². The van der Waals surface area contributed by atoms with Gasteiger partial charge in [-0.25, -0.2) is 0 Å². The van der Waals surface area contributed by atoms with E-state index in [0.29, 0.717) is 20.8 Å². The van der Waals surface area contributed by atoms with Gasteiger partial charge >= 0.3 is 0 Å². The molecule has 0 unspecified atom stereocenters. The summed E-state index contributed by atoms with van der Waals surface area (Å²) in [7, 11) is 0. The summed E-state index contributed by atoms with van der Waals surface area (Å²) in [5.74, 6) is -0.201. The maximum atomic E-state index is 12.3. The fraction of sp³-hybridized carbons (Fsp3) is 0.235. The smallest absolute Gasteiger partial charge is 0.241 e. The first-order valence-electron chi connectivity index (χ1n) is 7.15. The van der Waals surface area contributed by atoms with E-state index in [1.165, 1.54) is 12.1 Å². The van der Waals surface area contributed by atoms with Gasteiger partial charge in [0, 0.05) is 6.04 Å². The van der Waals surface area contributed by atoms with Gasteiger partial charge in [0.25, 0.3) is 0 Å². The fourth-order valence-electron chi connectivity index (χ4n) is 2.15. The molecule has 0 bridgehead atoms. The van der Waals surface area contributed by atoms with Crippen LogP contribution in [0.1, 0.15) is 25.5 Å². The van der Waals surface area contributed by atoms with Crippen molar-refractivity contribution in [1.29, 1.82) is 0 Å². The molecule has 0 fully saturated rings. The maximum Gasteiger partial charge on any atom is 0.241 e. The standard InChI is InChI=1S/C17H17Cl3N2O/c1-10(12-6-4-3-5-7-12)21-11(2)17(23)22-16-9-14(19)13(18)8-15(16)20/h3-11,21H,1-2H3,(H,22,23)/t10-,11-/m1/s1. The van der Waals surface area contributed by atoms with Crippen molar-refractivity contribution in [3.63, 3.8) is 0 Å². The van der Waals surface area contributed by atoms with Crippen molar-refractivity contribution in [2.45, 2.75) is 25.9 Å². The second kappa shape index (κ2) is 8.02. The molecule has 2 aromatic carbocycles. The molecule has 23 heavy (non-hydrogen) atoms. The third-order valence-electron chi connectivity index (χ3n) is 3.46. The lowest BCUT2D eigenvalue weighted by molar-refractivity contribution is -0.117. The lowest BCUT2D eigenvalue weighted by atomic mass is 10.1. The second-order valence-corrected chi connectivity index (χ2v) is 6.48. The van der Waals surface area contributed by atoms with Gasteiger partial charge in [-0.3, -0.25) is 10.1 Å². The number of hydrogen-bond donors (Lipinski definition) is 2. The SMILES string of the molecule is C[C@@H](N[C@H](C)c1ccccc1)C(=O)Nc1cc(Cl)c(Cl)cc1Cl. The topological polar surface area (TPSA) is 41.1 Å². The van der Waals surface area contributed by atoms with Gasteiger partial charge in [-0.15, -0.1) is 0 Å². The molecule has 2 rings (SSSR count). The summed E-state index contributed by atoms with van der Waals surface area (Å²) in [6.07, 6.45) is 0. The minimum absolute atomic E-state index is 0.0428. The van der Waals surface area contributed by atoms with Gasteiger partial charge in [-0.05, 0) is 31.5 Å². The molecule has 2 aromatic rings. The predicted molar refractivity (Wildman–Crippen MR) is 97.6 cm³/mol. The van der Waals surface area contributed by atoms with Crippen LogP contribution in [0.5, 0.6) is 0 Å². The average molecular weight is 372 g/mol. The van der Waals surface area contributed by atoms with Crippen molar-refractivity contribution in [3.8, 4) is 0 Å². The van der Waals surface area contributed by atoms with Crippen LogP contribution in [0.2, 0.25) is 15.1 Å². The highest BCUT2D eigenvalue weighted by Gasteiger charge is 2.18. The monoisotopic (exact) mass is 370 g/mol. The zero-order chi connectivity index (χ0) is 17.0. The number of halogens is 3. The molecule has 2 N–H and O–H groups in total. The first-order chi connectivity index (χ1) is 10.9. The molecular formula is C17H17Cl3N2O. The summed E-state index contributed by atoms with van der Waals surface area (Å²) in [5.41, 5.74) is 1.55.